The molecule has 0 radical (unpaired) electrons. The molecule has 1 aromatic rings. The number of nitrogens with one attached hydrogen (secondary N) is 2. The van der Waals surface area contributed by atoms with Gasteiger partial charge in [-0.25, -0.2) is 5.90 Å². The van der Waals surface area contributed by atoms with Crippen LogP contribution >= 0.6 is 0 Å². The number of nitrogens with two attached hydrogens (primary N) is 1. The van der Waals surface area contributed by atoms with Crippen LogP contribution in [0.1, 0.15) is 42.6 Å². The molecule has 0 amide bonds. The van der Waals surface area contributed by atoms with Gasteiger partial charge in [0.05, 0.1) is 6.67 Å². The molecule has 0 aliphatic carbocycles. The maximum absolute atomic E-state index is 11.2. The smallest absolute Gasteiger partial charge is 0.150 e. The molecule has 0 fully saturated rings. The van der Waals surface area contributed by atoms with Gasteiger partial charge in [0.1, 0.15) is 12.6 Å². The van der Waals surface area contributed by atoms with Crippen LogP contribution in [0.2, 0.25) is 0 Å². The minimum Gasteiger partial charge on any atom is -0.359 e. The summed E-state index contributed by atoms with van der Waals surface area (Å²) in [5.74, 6) is 3.50. The Kier molecular flexibility index (Phi) is 12.6. The summed E-state index contributed by atoms with van der Waals surface area (Å²) in [6, 6.07) is 6.15. The van der Waals surface area contributed by atoms with Crippen molar-refractivity contribution in [3.8, 4) is 0 Å². The Bertz CT molecular complexity index is 483. The van der Waals surface area contributed by atoms with E-state index in [0.717, 1.165) is 43.5 Å². The summed E-state index contributed by atoms with van der Waals surface area (Å²) in [4.78, 5) is 23.8. The highest BCUT2D eigenvalue weighted by Crippen LogP contribution is 2.19. The van der Waals surface area contributed by atoms with Gasteiger partial charge in [0.15, 0.2) is 0 Å². The van der Waals surface area contributed by atoms with E-state index in [-0.39, 0.29) is 6.04 Å². The van der Waals surface area contributed by atoms with Gasteiger partial charge in [-0.15, -0.1) is 0 Å². The van der Waals surface area contributed by atoms with Crippen LogP contribution in [-0.4, -0.2) is 44.1 Å². The van der Waals surface area contributed by atoms with Crippen molar-refractivity contribution in [2.75, 3.05) is 25.2 Å². The minimum atomic E-state index is 0.243. The fourth-order valence-corrected chi connectivity index (χ4v) is 2.34. The predicted molar refractivity (Wildman–Crippen MR) is 96.3 cm³/mol. The minimum absolute atomic E-state index is 0.243. The maximum Gasteiger partial charge on any atom is 0.150 e. The van der Waals surface area contributed by atoms with Crippen molar-refractivity contribution >= 4 is 18.3 Å². The first kappa shape index (κ1) is 22.2. The number of hydrogen-bond acceptors (Lipinski definition) is 7. The topological polar surface area (TPSA) is 108 Å². The third-order valence-electron chi connectivity index (χ3n) is 3.71. The van der Waals surface area contributed by atoms with Crippen LogP contribution < -0.4 is 21.4 Å². The molecule has 136 valence electrons. The molecular weight excluding hydrogens is 308 g/mol. The predicted octanol–water partition coefficient (Wildman–Crippen LogP) is 1.29. The lowest BCUT2D eigenvalue weighted by Gasteiger charge is -2.24. The zero-order valence-corrected chi connectivity index (χ0v) is 14.8. The first-order chi connectivity index (χ1) is 11.7. The fourth-order valence-electron chi connectivity index (χ4n) is 2.34. The molecule has 0 heterocycles. The van der Waals surface area contributed by atoms with Crippen molar-refractivity contribution in [2.45, 2.75) is 39.3 Å². The summed E-state index contributed by atoms with van der Waals surface area (Å²) < 4.78 is 0. The monoisotopic (exact) mass is 338 g/mol. The molecule has 0 aromatic heterocycles. The summed E-state index contributed by atoms with van der Waals surface area (Å²) in [6.45, 7) is 6.43. The molecule has 5 N–H and O–H groups in total. The second kappa shape index (κ2) is 13.6. The standard InChI is InChI=1S/C17H27N3O2.H3NO/c1-4-20(13-18-3)17-8-7-15(12-22)16(10-17)11-19-14(2)6-5-9-21;1-2/h7-10,12,14,18-19H,4-6,11,13H2,1-3H3;2H,1H2. The van der Waals surface area contributed by atoms with Gasteiger partial charge in [-0.1, -0.05) is 0 Å². The van der Waals surface area contributed by atoms with Crippen LogP contribution in [0.25, 0.3) is 0 Å². The molecule has 1 atom stereocenters. The SMILES string of the molecule is CCN(CNC)c1ccc(C=O)c(CNC(C)CCC=O)c1.NO. The summed E-state index contributed by atoms with van der Waals surface area (Å²) >= 11 is 0. The highest BCUT2D eigenvalue weighted by molar-refractivity contribution is 5.78. The van der Waals surface area contributed by atoms with Crippen LogP contribution in [0, 0.1) is 0 Å². The van der Waals surface area contributed by atoms with E-state index in [2.05, 4.69) is 34.4 Å². The molecule has 0 bridgehead atoms. The first-order valence-corrected chi connectivity index (χ1v) is 8.06. The molecule has 0 spiro atoms. The van der Waals surface area contributed by atoms with E-state index in [1.54, 1.807) is 0 Å². The van der Waals surface area contributed by atoms with E-state index >= 15 is 0 Å². The molecule has 0 aliphatic heterocycles. The largest absolute Gasteiger partial charge is 0.359 e. The Morgan fingerprint density at radius 1 is 1.33 bits per heavy atom. The summed E-state index contributed by atoms with van der Waals surface area (Å²) in [5.41, 5.74) is 2.79. The highest BCUT2D eigenvalue weighted by Gasteiger charge is 2.09. The number of anilines is 1. The third-order valence-corrected chi connectivity index (χ3v) is 3.71. The molecule has 7 nitrogen and oxygen atoms in total. The number of benzene rings is 1. The molecule has 0 saturated carbocycles. The Hall–Kier alpha value is -1.80. The average Bonchev–Trinajstić information content (AvgIpc) is 2.64. The van der Waals surface area contributed by atoms with Gasteiger partial charge in [0, 0.05) is 36.8 Å². The molecule has 0 saturated heterocycles. The molecular formula is C17H30N4O3. The lowest BCUT2D eigenvalue weighted by Crippen LogP contribution is -2.32. The quantitative estimate of drug-likeness (QED) is 0.273. The lowest BCUT2D eigenvalue weighted by molar-refractivity contribution is -0.108. The van der Waals surface area contributed by atoms with E-state index in [1.807, 2.05) is 26.1 Å². The van der Waals surface area contributed by atoms with Crippen molar-refractivity contribution in [3.63, 3.8) is 0 Å². The van der Waals surface area contributed by atoms with Crippen LogP contribution in [0.3, 0.4) is 0 Å². The molecule has 0 aliphatic rings. The van der Waals surface area contributed by atoms with Gasteiger partial charge >= 0.3 is 0 Å². The van der Waals surface area contributed by atoms with Crippen molar-refractivity contribution in [1.82, 2.24) is 10.6 Å². The molecule has 24 heavy (non-hydrogen) atoms. The number of carbonyl (C=O) groups is 2. The van der Waals surface area contributed by atoms with Gasteiger partial charge < -0.3 is 25.5 Å². The maximum atomic E-state index is 11.2. The lowest BCUT2D eigenvalue weighted by atomic mass is 10.1. The van der Waals surface area contributed by atoms with Gasteiger partial charge in [0.25, 0.3) is 0 Å². The van der Waals surface area contributed by atoms with Crippen molar-refractivity contribution in [1.29, 1.82) is 0 Å². The first-order valence-electron chi connectivity index (χ1n) is 8.06. The molecule has 1 unspecified atom stereocenters. The van der Waals surface area contributed by atoms with Gasteiger partial charge in [-0.3, -0.25) is 4.79 Å². The van der Waals surface area contributed by atoms with Crippen molar-refractivity contribution in [2.24, 2.45) is 5.90 Å². The van der Waals surface area contributed by atoms with Crippen LogP contribution in [0.4, 0.5) is 5.69 Å². The summed E-state index contributed by atoms with van der Waals surface area (Å²) in [6.07, 6.45) is 3.19. The normalized spacial score (nSPS) is 11.2. The van der Waals surface area contributed by atoms with E-state index in [4.69, 9.17) is 5.21 Å². The number of nitrogens with zero attached hydrogens (tertiary/aromatic N) is 1. The van der Waals surface area contributed by atoms with E-state index in [9.17, 15) is 9.59 Å². The van der Waals surface area contributed by atoms with E-state index in [0.29, 0.717) is 18.5 Å². The Balaban J connectivity index is 0.00000254. The third kappa shape index (κ3) is 7.65. The van der Waals surface area contributed by atoms with E-state index in [1.165, 1.54) is 0 Å². The molecule has 7 heteroatoms. The Morgan fingerprint density at radius 3 is 2.58 bits per heavy atom. The average molecular weight is 338 g/mol. The number of aldehydes is 2. The molecule has 1 rings (SSSR count). The summed E-state index contributed by atoms with van der Waals surface area (Å²) in [7, 11) is 1.92. The second-order valence-corrected chi connectivity index (χ2v) is 5.39. The Morgan fingerprint density at radius 2 is 2.04 bits per heavy atom. The van der Waals surface area contributed by atoms with E-state index < -0.39 is 0 Å². The second-order valence-electron chi connectivity index (χ2n) is 5.39. The zero-order chi connectivity index (χ0) is 18.4. The number of carbonyl (C=O) groups excluding carboxylic acids is 2. The van der Waals surface area contributed by atoms with Crippen molar-refractivity contribution < 1.29 is 14.8 Å². The van der Waals surface area contributed by atoms with Gasteiger partial charge in [-0.2, -0.15) is 0 Å². The fraction of sp³-hybridized carbons (Fsp3) is 0.529. The number of rotatable bonds is 11. The van der Waals surface area contributed by atoms with Crippen LogP contribution in [0.15, 0.2) is 18.2 Å². The zero-order valence-electron chi connectivity index (χ0n) is 14.8. The van der Waals surface area contributed by atoms with Gasteiger partial charge in [0.2, 0.25) is 0 Å². The Labute approximate surface area is 144 Å². The van der Waals surface area contributed by atoms with Crippen molar-refractivity contribution in [3.05, 3.63) is 29.3 Å². The molecule has 1 aromatic carbocycles. The van der Waals surface area contributed by atoms with Crippen LogP contribution in [0.5, 0.6) is 0 Å². The summed E-state index contributed by atoms with van der Waals surface area (Å²) in [5, 5.41) is 13.0. The van der Waals surface area contributed by atoms with Crippen LogP contribution in [-0.2, 0) is 11.3 Å². The number of hydrogen-bond donors (Lipinski definition) is 4. The van der Waals surface area contributed by atoms with Gasteiger partial charge in [-0.05, 0) is 51.1 Å². The highest BCUT2D eigenvalue weighted by atomic mass is 16.4.